The minimum absolute atomic E-state index is 0.0353. The molecule has 1 unspecified atom stereocenters. The Bertz CT molecular complexity index is 1110. The molecule has 0 radical (unpaired) electrons. The van der Waals surface area contributed by atoms with E-state index in [1.54, 1.807) is 44.6 Å². The Morgan fingerprint density at radius 1 is 1.03 bits per heavy atom. The van der Waals surface area contributed by atoms with Crippen molar-refractivity contribution >= 4 is 17.4 Å². The van der Waals surface area contributed by atoms with E-state index in [1.807, 2.05) is 13.8 Å². The molecule has 0 aliphatic carbocycles. The average molecular weight is 470 g/mol. The van der Waals surface area contributed by atoms with Gasteiger partial charge in [-0.1, -0.05) is 19.9 Å². The molecule has 34 heavy (non-hydrogen) atoms. The number of carbonyl (C=O) groups is 2. The first-order chi connectivity index (χ1) is 16.2. The average Bonchev–Trinajstić information content (AvgIpc) is 3.08. The topological polar surface area (TPSA) is 106 Å². The second-order valence-corrected chi connectivity index (χ2v) is 8.38. The Labute approximate surface area is 199 Å². The number of aliphatic hydroxyl groups is 1. The summed E-state index contributed by atoms with van der Waals surface area (Å²) in [4.78, 5) is 27.5. The number of ether oxygens (including phenoxy) is 3. The van der Waals surface area contributed by atoms with Gasteiger partial charge >= 0.3 is 0 Å². The maximum Gasteiger partial charge on any atom is 0.295 e. The number of aliphatic hydroxyl groups excluding tert-OH is 1. The Morgan fingerprint density at radius 3 is 2.29 bits per heavy atom. The highest BCUT2D eigenvalue weighted by Crippen LogP contribution is 2.42. The van der Waals surface area contributed by atoms with Gasteiger partial charge in [0.25, 0.3) is 11.7 Å². The molecule has 0 saturated carbocycles. The van der Waals surface area contributed by atoms with E-state index in [2.05, 4.69) is 0 Å². The molecule has 1 atom stereocenters. The molecule has 1 fully saturated rings. The van der Waals surface area contributed by atoms with Crippen LogP contribution in [0.4, 0.5) is 0 Å². The molecule has 2 aromatic carbocycles. The van der Waals surface area contributed by atoms with Gasteiger partial charge in [-0.2, -0.15) is 0 Å². The smallest absolute Gasteiger partial charge is 0.295 e. The molecule has 8 heteroatoms. The van der Waals surface area contributed by atoms with E-state index in [-0.39, 0.29) is 35.3 Å². The van der Waals surface area contributed by atoms with Crippen molar-refractivity contribution in [3.63, 3.8) is 0 Å². The first-order valence-electron chi connectivity index (χ1n) is 11.1. The van der Waals surface area contributed by atoms with E-state index < -0.39 is 17.7 Å². The van der Waals surface area contributed by atoms with Crippen molar-refractivity contribution in [2.24, 2.45) is 0 Å². The van der Waals surface area contributed by atoms with Crippen LogP contribution in [-0.2, 0) is 14.3 Å². The number of phenolic OH excluding ortho intramolecular Hbond substituents is 1. The quantitative estimate of drug-likeness (QED) is 0.248. The lowest BCUT2D eigenvalue weighted by atomic mass is 9.93. The van der Waals surface area contributed by atoms with E-state index in [1.165, 1.54) is 18.1 Å². The summed E-state index contributed by atoms with van der Waals surface area (Å²) in [5.41, 5.74) is 1.71. The molecular weight excluding hydrogens is 438 g/mol. The summed E-state index contributed by atoms with van der Waals surface area (Å²) in [6.45, 7) is 4.64. The lowest BCUT2D eigenvalue weighted by Crippen LogP contribution is -2.31. The van der Waals surface area contributed by atoms with Crippen LogP contribution >= 0.6 is 0 Å². The molecule has 0 spiro atoms. The van der Waals surface area contributed by atoms with Crippen molar-refractivity contribution in [1.82, 2.24) is 4.90 Å². The summed E-state index contributed by atoms with van der Waals surface area (Å²) in [6.07, 6.45) is 0.502. The number of nitrogens with zero attached hydrogens (tertiary/aromatic N) is 1. The SMILES string of the molecule is COCCCN1C(=O)C(=O)/C(=C(\O)c2ccc(OC)c(C(C)C)c2)C1c1ccc(OC)c(O)c1. The van der Waals surface area contributed by atoms with Crippen LogP contribution in [0.15, 0.2) is 42.0 Å². The minimum atomic E-state index is -0.877. The summed E-state index contributed by atoms with van der Waals surface area (Å²) in [7, 11) is 4.56. The number of likely N-dealkylation sites (tertiary alicyclic amines) is 1. The second kappa shape index (κ2) is 10.6. The number of phenols is 1. The number of ketones is 1. The Kier molecular flexibility index (Phi) is 7.83. The molecule has 8 nitrogen and oxygen atoms in total. The minimum Gasteiger partial charge on any atom is -0.507 e. The third-order valence-electron chi connectivity index (χ3n) is 5.93. The van der Waals surface area contributed by atoms with Gasteiger partial charge in [0.15, 0.2) is 11.5 Å². The van der Waals surface area contributed by atoms with Crippen molar-refractivity contribution in [3.8, 4) is 17.2 Å². The number of carbonyl (C=O) groups excluding carboxylic acids is 2. The Balaban J connectivity index is 2.18. The molecule has 1 aliphatic heterocycles. The van der Waals surface area contributed by atoms with Gasteiger partial charge in [0, 0.05) is 25.8 Å². The van der Waals surface area contributed by atoms with Crippen LogP contribution in [0.5, 0.6) is 17.2 Å². The highest BCUT2D eigenvalue weighted by molar-refractivity contribution is 6.46. The number of hydrogen-bond acceptors (Lipinski definition) is 7. The zero-order valence-corrected chi connectivity index (χ0v) is 20.1. The number of methoxy groups -OCH3 is 3. The number of hydrogen-bond donors (Lipinski definition) is 2. The van der Waals surface area contributed by atoms with E-state index in [0.717, 1.165) is 5.56 Å². The normalized spacial score (nSPS) is 17.5. The Morgan fingerprint density at radius 2 is 1.71 bits per heavy atom. The third-order valence-corrected chi connectivity index (χ3v) is 5.93. The second-order valence-electron chi connectivity index (χ2n) is 8.38. The molecule has 1 heterocycles. The largest absolute Gasteiger partial charge is 0.507 e. The van der Waals surface area contributed by atoms with Gasteiger partial charge in [0.1, 0.15) is 11.5 Å². The number of rotatable bonds is 9. The molecule has 182 valence electrons. The summed E-state index contributed by atoms with van der Waals surface area (Å²) in [5, 5.41) is 21.7. The van der Waals surface area contributed by atoms with Gasteiger partial charge in [-0.3, -0.25) is 9.59 Å². The standard InChI is InChI=1S/C26H31NO7/c1-15(2)18-13-17(8-9-20(18)33-4)24(29)22-23(16-7-10-21(34-5)19(28)14-16)27(11-6-12-32-3)26(31)25(22)30/h7-10,13-15,23,28-29H,6,11-12H2,1-5H3/b24-22-. The number of Topliss-reactive ketones (excluding diaryl/α,β-unsaturated/α-hetero) is 1. The van der Waals surface area contributed by atoms with Crippen molar-refractivity contribution in [2.45, 2.75) is 32.2 Å². The molecule has 1 saturated heterocycles. The fourth-order valence-corrected chi connectivity index (χ4v) is 4.20. The van der Waals surface area contributed by atoms with Crippen molar-refractivity contribution < 1.29 is 34.0 Å². The number of aromatic hydroxyl groups is 1. The summed E-state index contributed by atoms with van der Waals surface area (Å²) >= 11 is 0. The molecule has 2 N–H and O–H groups in total. The molecule has 0 bridgehead atoms. The molecule has 2 aromatic rings. The fraction of sp³-hybridized carbons (Fsp3) is 0.385. The zero-order valence-electron chi connectivity index (χ0n) is 20.1. The van der Waals surface area contributed by atoms with Crippen molar-refractivity contribution in [3.05, 3.63) is 58.7 Å². The van der Waals surface area contributed by atoms with Crippen LogP contribution in [0.3, 0.4) is 0 Å². The van der Waals surface area contributed by atoms with Crippen LogP contribution in [-0.4, -0.2) is 61.3 Å². The molecule has 1 aliphatic rings. The maximum atomic E-state index is 13.1. The molecule has 1 amide bonds. The van der Waals surface area contributed by atoms with Crippen molar-refractivity contribution in [1.29, 1.82) is 0 Å². The van der Waals surface area contributed by atoms with Gasteiger partial charge in [0.2, 0.25) is 0 Å². The number of benzene rings is 2. The lowest BCUT2D eigenvalue weighted by molar-refractivity contribution is -0.140. The van der Waals surface area contributed by atoms with Gasteiger partial charge in [-0.15, -0.1) is 0 Å². The summed E-state index contributed by atoms with van der Waals surface area (Å²) in [5.74, 6) is -0.868. The lowest BCUT2D eigenvalue weighted by Gasteiger charge is -2.25. The Hall–Kier alpha value is -3.52. The van der Waals surface area contributed by atoms with Gasteiger partial charge < -0.3 is 29.3 Å². The fourth-order valence-electron chi connectivity index (χ4n) is 4.20. The highest BCUT2D eigenvalue weighted by atomic mass is 16.5. The summed E-state index contributed by atoms with van der Waals surface area (Å²) in [6, 6.07) is 8.94. The van der Waals surface area contributed by atoms with Gasteiger partial charge in [0.05, 0.1) is 25.8 Å². The third kappa shape index (κ3) is 4.72. The molecular formula is C26H31NO7. The van der Waals surface area contributed by atoms with E-state index >= 15 is 0 Å². The van der Waals surface area contributed by atoms with Crippen LogP contribution in [0.2, 0.25) is 0 Å². The van der Waals surface area contributed by atoms with E-state index in [4.69, 9.17) is 14.2 Å². The predicted molar refractivity (Wildman–Crippen MR) is 127 cm³/mol. The number of amides is 1. The van der Waals surface area contributed by atoms with Gasteiger partial charge in [-0.25, -0.2) is 0 Å². The van der Waals surface area contributed by atoms with Crippen LogP contribution in [0.1, 0.15) is 48.9 Å². The van der Waals surface area contributed by atoms with Crippen LogP contribution < -0.4 is 9.47 Å². The monoisotopic (exact) mass is 469 g/mol. The maximum absolute atomic E-state index is 13.1. The first kappa shape index (κ1) is 25.1. The van der Waals surface area contributed by atoms with Crippen molar-refractivity contribution in [2.75, 3.05) is 34.5 Å². The zero-order chi connectivity index (χ0) is 25.0. The van der Waals surface area contributed by atoms with E-state index in [0.29, 0.717) is 29.9 Å². The molecule has 3 rings (SSSR count). The van der Waals surface area contributed by atoms with Crippen LogP contribution in [0, 0.1) is 0 Å². The van der Waals surface area contributed by atoms with Gasteiger partial charge in [-0.05, 0) is 53.8 Å². The highest BCUT2D eigenvalue weighted by Gasteiger charge is 2.46. The first-order valence-corrected chi connectivity index (χ1v) is 11.1. The van der Waals surface area contributed by atoms with Crippen LogP contribution in [0.25, 0.3) is 5.76 Å². The predicted octanol–water partition coefficient (Wildman–Crippen LogP) is 3.99. The van der Waals surface area contributed by atoms with E-state index in [9.17, 15) is 19.8 Å². The molecule has 0 aromatic heterocycles. The summed E-state index contributed by atoms with van der Waals surface area (Å²) < 4.78 is 15.7.